The summed E-state index contributed by atoms with van der Waals surface area (Å²) >= 11 is 0. The number of hydrogen-bond donors (Lipinski definition) is 1. The number of anilines is 1. The highest BCUT2D eigenvalue weighted by Gasteiger charge is 2.18. The van der Waals surface area contributed by atoms with Crippen LogP contribution in [0, 0.1) is 0 Å². The first-order valence-electron chi connectivity index (χ1n) is 5.94. The second kappa shape index (κ2) is 6.15. The third-order valence-corrected chi connectivity index (χ3v) is 5.47. The van der Waals surface area contributed by atoms with Gasteiger partial charge in [0.2, 0.25) is 0 Å². The van der Waals surface area contributed by atoms with Gasteiger partial charge in [-0.1, -0.05) is 6.07 Å². The van der Waals surface area contributed by atoms with Crippen LogP contribution in [-0.4, -0.2) is 23.9 Å². The van der Waals surface area contributed by atoms with Gasteiger partial charge in [-0.15, -0.1) is 0 Å². The van der Waals surface area contributed by atoms with Gasteiger partial charge in [0.25, 0.3) is 19.1 Å². The molecule has 6 nitrogen and oxygen atoms in total. The lowest BCUT2D eigenvalue weighted by atomic mass is 10.3. The van der Waals surface area contributed by atoms with Gasteiger partial charge in [-0.3, -0.25) is 4.72 Å². The summed E-state index contributed by atoms with van der Waals surface area (Å²) in [7, 11) is -1.22. The molecule has 118 valence electrons. The normalized spacial score (nSPS) is 11.9. The molecule has 0 aromatic heterocycles. The van der Waals surface area contributed by atoms with Crippen LogP contribution in [0.25, 0.3) is 0 Å². The van der Waals surface area contributed by atoms with Gasteiger partial charge in [0.05, 0.1) is 16.9 Å². The van der Waals surface area contributed by atoms with Crippen molar-refractivity contribution in [2.45, 2.75) is 9.79 Å². The van der Waals surface area contributed by atoms with Crippen molar-refractivity contribution in [3.05, 3.63) is 48.5 Å². The molecule has 0 radical (unpaired) electrons. The number of ether oxygens (including phenoxy) is 1. The molecule has 9 heteroatoms. The maximum Gasteiger partial charge on any atom is 0.261 e. The lowest BCUT2D eigenvalue weighted by Gasteiger charge is -2.09. The summed E-state index contributed by atoms with van der Waals surface area (Å²) in [5.41, 5.74) is 0.319. The zero-order valence-corrected chi connectivity index (χ0v) is 13.7. The van der Waals surface area contributed by atoms with E-state index in [9.17, 15) is 16.8 Å². The zero-order chi connectivity index (χ0) is 16.4. The fraction of sp³-hybridized carbons (Fsp3) is 0.0769. The van der Waals surface area contributed by atoms with Crippen LogP contribution in [0.1, 0.15) is 0 Å². The Labute approximate surface area is 133 Å². The molecular formula is C13H12ClNO5S2. The van der Waals surface area contributed by atoms with Crippen molar-refractivity contribution in [2.24, 2.45) is 0 Å². The summed E-state index contributed by atoms with van der Waals surface area (Å²) in [6.07, 6.45) is 0. The molecule has 0 heterocycles. The Morgan fingerprint density at radius 1 is 0.955 bits per heavy atom. The molecule has 2 aromatic carbocycles. The van der Waals surface area contributed by atoms with Crippen molar-refractivity contribution in [1.29, 1.82) is 0 Å². The second-order valence-corrected chi connectivity index (χ2v) is 8.50. The lowest BCUT2D eigenvalue weighted by Crippen LogP contribution is -2.13. The largest absolute Gasteiger partial charge is 0.497 e. The van der Waals surface area contributed by atoms with E-state index in [1.165, 1.54) is 37.4 Å². The van der Waals surface area contributed by atoms with Crippen molar-refractivity contribution in [2.75, 3.05) is 11.8 Å². The first kappa shape index (κ1) is 16.6. The topological polar surface area (TPSA) is 89.5 Å². The van der Waals surface area contributed by atoms with E-state index in [1.54, 1.807) is 12.1 Å². The third-order valence-electron chi connectivity index (χ3n) is 2.74. The van der Waals surface area contributed by atoms with E-state index in [1.807, 2.05) is 0 Å². The molecule has 1 N–H and O–H groups in total. The number of nitrogens with one attached hydrogen (secondary N) is 1. The Morgan fingerprint density at radius 2 is 1.55 bits per heavy atom. The van der Waals surface area contributed by atoms with Gasteiger partial charge in [-0.05, 0) is 42.5 Å². The van der Waals surface area contributed by atoms with E-state index in [0.29, 0.717) is 11.4 Å². The molecule has 2 aromatic rings. The molecule has 0 aliphatic heterocycles. The number of halogens is 1. The Hall–Kier alpha value is -1.77. The maximum absolute atomic E-state index is 12.3. The Morgan fingerprint density at radius 3 is 2.09 bits per heavy atom. The van der Waals surface area contributed by atoms with Crippen LogP contribution >= 0.6 is 10.7 Å². The predicted octanol–water partition coefficient (Wildman–Crippen LogP) is 2.42. The van der Waals surface area contributed by atoms with Crippen molar-refractivity contribution < 1.29 is 21.6 Å². The molecule has 0 aliphatic rings. The Bertz CT molecular complexity index is 877. The predicted molar refractivity (Wildman–Crippen MR) is 83.3 cm³/mol. The lowest BCUT2D eigenvalue weighted by molar-refractivity contribution is 0.415. The standard InChI is InChI=1S/C13H12ClNO5S2/c1-20-11-7-5-10(6-8-11)15-22(18,19)13-4-2-3-12(9-13)21(14,16)17/h2-9,15H,1H3. The number of rotatable bonds is 5. The van der Waals surface area contributed by atoms with E-state index in [4.69, 9.17) is 15.4 Å². The average Bonchev–Trinajstić information content (AvgIpc) is 2.47. The van der Waals surface area contributed by atoms with Crippen LogP contribution in [-0.2, 0) is 19.1 Å². The Kier molecular flexibility index (Phi) is 4.64. The molecular weight excluding hydrogens is 350 g/mol. The van der Waals surface area contributed by atoms with Crippen LogP contribution in [0.4, 0.5) is 5.69 Å². The zero-order valence-electron chi connectivity index (χ0n) is 11.4. The van der Waals surface area contributed by atoms with Gasteiger partial charge in [0, 0.05) is 16.4 Å². The van der Waals surface area contributed by atoms with Crippen molar-refractivity contribution in [1.82, 2.24) is 0 Å². The molecule has 0 bridgehead atoms. The van der Waals surface area contributed by atoms with Gasteiger partial charge >= 0.3 is 0 Å². The molecule has 0 amide bonds. The van der Waals surface area contributed by atoms with Crippen molar-refractivity contribution in [3.8, 4) is 5.75 Å². The molecule has 2 rings (SSSR count). The van der Waals surface area contributed by atoms with Crippen LogP contribution in [0.2, 0.25) is 0 Å². The second-order valence-electron chi connectivity index (χ2n) is 4.25. The maximum atomic E-state index is 12.3. The average molecular weight is 362 g/mol. The van der Waals surface area contributed by atoms with Crippen LogP contribution in [0.5, 0.6) is 5.75 Å². The molecule has 0 spiro atoms. The van der Waals surface area contributed by atoms with Gasteiger partial charge in [0.15, 0.2) is 0 Å². The monoisotopic (exact) mass is 361 g/mol. The highest BCUT2D eigenvalue weighted by Crippen LogP contribution is 2.22. The molecule has 0 saturated carbocycles. The fourth-order valence-corrected chi connectivity index (χ4v) is 3.64. The van der Waals surface area contributed by atoms with Gasteiger partial charge < -0.3 is 4.74 Å². The van der Waals surface area contributed by atoms with E-state index in [2.05, 4.69) is 4.72 Å². The van der Waals surface area contributed by atoms with Gasteiger partial charge in [-0.25, -0.2) is 16.8 Å². The van der Waals surface area contributed by atoms with E-state index < -0.39 is 19.1 Å². The van der Waals surface area contributed by atoms with Crippen LogP contribution in [0.3, 0.4) is 0 Å². The van der Waals surface area contributed by atoms with Gasteiger partial charge in [0.1, 0.15) is 5.75 Å². The minimum absolute atomic E-state index is 0.204. The molecule has 0 unspecified atom stereocenters. The number of hydrogen-bond acceptors (Lipinski definition) is 5. The fourth-order valence-electron chi connectivity index (χ4n) is 1.67. The summed E-state index contributed by atoms with van der Waals surface area (Å²) in [5, 5.41) is 0. The van der Waals surface area contributed by atoms with E-state index in [-0.39, 0.29) is 9.79 Å². The third kappa shape index (κ3) is 3.90. The SMILES string of the molecule is COc1ccc(NS(=O)(=O)c2cccc(S(=O)(=O)Cl)c2)cc1. The van der Waals surface area contributed by atoms with Crippen molar-refractivity contribution >= 4 is 35.4 Å². The highest BCUT2D eigenvalue weighted by molar-refractivity contribution is 8.13. The summed E-state index contributed by atoms with van der Waals surface area (Å²) in [6, 6.07) is 11.0. The minimum atomic E-state index is -4.00. The number of benzene rings is 2. The first-order chi connectivity index (χ1) is 10.2. The quantitative estimate of drug-likeness (QED) is 0.826. The van der Waals surface area contributed by atoms with Crippen molar-refractivity contribution in [3.63, 3.8) is 0 Å². The summed E-state index contributed by atoms with van der Waals surface area (Å²) < 4.78 is 54.4. The smallest absolute Gasteiger partial charge is 0.261 e. The number of sulfonamides is 1. The van der Waals surface area contributed by atoms with Crippen LogP contribution in [0.15, 0.2) is 58.3 Å². The van der Waals surface area contributed by atoms with E-state index >= 15 is 0 Å². The Balaban J connectivity index is 2.34. The highest BCUT2D eigenvalue weighted by atomic mass is 35.7. The molecule has 0 aliphatic carbocycles. The minimum Gasteiger partial charge on any atom is -0.497 e. The summed E-state index contributed by atoms with van der Waals surface area (Å²) in [5.74, 6) is 0.582. The van der Waals surface area contributed by atoms with Crippen LogP contribution < -0.4 is 9.46 Å². The van der Waals surface area contributed by atoms with E-state index in [0.717, 1.165) is 6.07 Å². The molecule has 0 atom stereocenters. The molecule has 0 fully saturated rings. The first-order valence-corrected chi connectivity index (χ1v) is 9.73. The molecule has 22 heavy (non-hydrogen) atoms. The number of methoxy groups -OCH3 is 1. The van der Waals surface area contributed by atoms with Gasteiger partial charge in [-0.2, -0.15) is 0 Å². The molecule has 0 saturated heterocycles. The summed E-state index contributed by atoms with van der Waals surface area (Å²) in [6.45, 7) is 0. The summed E-state index contributed by atoms with van der Waals surface area (Å²) in [4.78, 5) is -0.489.